The average Bonchev–Trinajstić information content (AvgIpc) is 3.10. The molecule has 0 aliphatic rings. The van der Waals surface area contributed by atoms with Gasteiger partial charge in [0.15, 0.2) is 12.4 Å². The molecule has 0 atom stereocenters. The predicted molar refractivity (Wildman–Crippen MR) is 91.0 cm³/mol. The highest BCUT2D eigenvalue weighted by Gasteiger charge is 2.13. The van der Waals surface area contributed by atoms with E-state index >= 15 is 0 Å². The summed E-state index contributed by atoms with van der Waals surface area (Å²) in [7, 11) is 0. The lowest BCUT2D eigenvalue weighted by Crippen LogP contribution is -2.05. The van der Waals surface area contributed by atoms with Gasteiger partial charge in [0.05, 0.1) is 5.56 Å². The summed E-state index contributed by atoms with van der Waals surface area (Å²) in [5.74, 6) is 0.773. The first kappa shape index (κ1) is 16.7. The van der Waals surface area contributed by atoms with E-state index in [1.54, 1.807) is 24.3 Å². The maximum absolute atomic E-state index is 12.1. The molecule has 6 nitrogen and oxygen atoms in total. The van der Waals surface area contributed by atoms with Gasteiger partial charge in [-0.3, -0.25) is 0 Å². The standard InChI is InChI=1S/C19H18N2O4/c1-12(2)18-20-17(25-21-18)11-24-19(23)15-5-3-13(4-6-15)14-7-9-16(22)10-8-14/h3-10,12,22H,11H2,1-2H3. The third-order valence-corrected chi connectivity index (χ3v) is 3.65. The number of esters is 1. The quantitative estimate of drug-likeness (QED) is 0.710. The summed E-state index contributed by atoms with van der Waals surface area (Å²) < 4.78 is 10.2. The second kappa shape index (κ2) is 7.17. The van der Waals surface area contributed by atoms with Gasteiger partial charge in [0, 0.05) is 5.92 Å². The van der Waals surface area contributed by atoms with Crippen LogP contribution < -0.4 is 0 Å². The molecule has 1 heterocycles. The van der Waals surface area contributed by atoms with Crippen molar-refractivity contribution in [3.05, 3.63) is 65.8 Å². The first-order chi connectivity index (χ1) is 12.0. The van der Waals surface area contributed by atoms with Gasteiger partial charge in [0.25, 0.3) is 5.89 Å². The monoisotopic (exact) mass is 338 g/mol. The second-order valence-corrected chi connectivity index (χ2v) is 5.90. The Balaban J connectivity index is 1.63. The van der Waals surface area contributed by atoms with E-state index in [9.17, 15) is 9.90 Å². The Kier molecular flexibility index (Phi) is 4.79. The van der Waals surface area contributed by atoms with Crippen LogP contribution in [-0.2, 0) is 11.3 Å². The number of hydrogen-bond donors (Lipinski definition) is 1. The van der Waals surface area contributed by atoms with Crippen molar-refractivity contribution in [3.63, 3.8) is 0 Å². The average molecular weight is 338 g/mol. The van der Waals surface area contributed by atoms with Crippen LogP contribution in [0.1, 0.15) is 41.8 Å². The van der Waals surface area contributed by atoms with E-state index in [0.717, 1.165) is 11.1 Å². The lowest BCUT2D eigenvalue weighted by molar-refractivity contribution is 0.0430. The zero-order valence-electron chi connectivity index (χ0n) is 14.0. The van der Waals surface area contributed by atoms with Crippen LogP contribution in [0.2, 0.25) is 0 Å². The van der Waals surface area contributed by atoms with Gasteiger partial charge in [-0.05, 0) is 35.4 Å². The topological polar surface area (TPSA) is 85.5 Å². The summed E-state index contributed by atoms with van der Waals surface area (Å²) in [5.41, 5.74) is 2.32. The highest BCUT2D eigenvalue weighted by molar-refractivity contribution is 5.90. The van der Waals surface area contributed by atoms with Crippen LogP contribution in [0.3, 0.4) is 0 Å². The molecule has 0 bridgehead atoms. The minimum Gasteiger partial charge on any atom is -0.508 e. The van der Waals surface area contributed by atoms with Crippen LogP contribution in [0.4, 0.5) is 0 Å². The van der Waals surface area contributed by atoms with Crippen molar-refractivity contribution in [2.75, 3.05) is 0 Å². The number of benzene rings is 2. The number of nitrogens with zero attached hydrogens (tertiary/aromatic N) is 2. The number of phenolic OH excluding ortho intramolecular Hbond substituents is 1. The van der Waals surface area contributed by atoms with Crippen LogP contribution in [0.5, 0.6) is 5.75 Å². The molecule has 0 saturated heterocycles. The Morgan fingerprint density at radius 2 is 1.68 bits per heavy atom. The van der Waals surface area contributed by atoms with E-state index in [4.69, 9.17) is 9.26 Å². The van der Waals surface area contributed by atoms with E-state index in [2.05, 4.69) is 10.1 Å². The molecule has 1 N–H and O–H groups in total. The largest absolute Gasteiger partial charge is 0.508 e. The molecule has 25 heavy (non-hydrogen) atoms. The molecule has 0 saturated carbocycles. The van der Waals surface area contributed by atoms with Crippen molar-refractivity contribution in [2.45, 2.75) is 26.4 Å². The highest BCUT2D eigenvalue weighted by atomic mass is 16.6. The van der Waals surface area contributed by atoms with E-state index in [0.29, 0.717) is 11.4 Å². The Morgan fingerprint density at radius 3 is 2.24 bits per heavy atom. The van der Waals surface area contributed by atoms with E-state index in [1.165, 1.54) is 0 Å². The minimum absolute atomic E-state index is 0.0573. The van der Waals surface area contributed by atoms with Crippen LogP contribution in [0.15, 0.2) is 53.1 Å². The Labute approximate surface area is 145 Å². The number of rotatable bonds is 5. The van der Waals surface area contributed by atoms with Crippen molar-refractivity contribution < 1.29 is 19.2 Å². The van der Waals surface area contributed by atoms with Gasteiger partial charge in [-0.2, -0.15) is 4.98 Å². The number of carbonyl (C=O) groups excluding carboxylic acids is 1. The van der Waals surface area contributed by atoms with E-state index < -0.39 is 5.97 Å². The minimum atomic E-state index is -0.457. The maximum atomic E-state index is 12.1. The summed E-state index contributed by atoms with van der Waals surface area (Å²) in [6.45, 7) is 3.85. The number of hydrogen-bond acceptors (Lipinski definition) is 6. The molecule has 0 unspecified atom stereocenters. The van der Waals surface area contributed by atoms with Crippen molar-refractivity contribution >= 4 is 5.97 Å². The first-order valence-electron chi connectivity index (χ1n) is 7.92. The lowest BCUT2D eigenvalue weighted by Gasteiger charge is -2.05. The maximum Gasteiger partial charge on any atom is 0.338 e. The molecule has 3 rings (SSSR count). The molecule has 128 valence electrons. The Hall–Kier alpha value is -3.15. The van der Waals surface area contributed by atoms with Crippen molar-refractivity contribution in [1.29, 1.82) is 0 Å². The highest BCUT2D eigenvalue weighted by Crippen LogP contribution is 2.22. The number of aromatic hydroxyl groups is 1. The molecule has 2 aromatic carbocycles. The molecule has 0 spiro atoms. The van der Waals surface area contributed by atoms with Gasteiger partial charge in [0.2, 0.25) is 0 Å². The van der Waals surface area contributed by atoms with E-state index in [-0.39, 0.29) is 24.2 Å². The number of carbonyl (C=O) groups is 1. The van der Waals surface area contributed by atoms with Crippen LogP contribution >= 0.6 is 0 Å². The Morgan fingerprint density at radius 1 is 1.08 bits per heavy atom. The van der Waals surface area contributed by atoms with Gasteiger partial charge in [-0.15, -0.1) is 0 Å². The summed E-state index contributed by atoms with van der Waals surface area (Å²) in [4.78, 5) is 16.3. The summed E-state index contributed by atoms with van der Waals surface area (Å²) >= 11 is 0. The van der Waals surface area contributed by atoms with Crippen molar-refractivity contribution in [1.82, 2.24) is 10.1 Å². The van der Waals surface area contributed by atoms with Crippen molar-refractivity contribution in [2.24, 2.45) is 0 Å². The fraction of sp³-hybridized carbons (Fsp3) is 0.211. The molecule has 1 aromatic heterocycles. The molecular formula is C19H18N2O4. The third kappa shape index (κ3) is 4.03. The lowest BCUT2D eigenvalue weighted by atomic mass is 10.0. The van der Waals surface area contributed by atoms with Gasteiger partial charge in [-0.25, -0.2) is 4.79 Å². The second-order valence-electron chi connectivity index (χ2n) is 5.90. The van der Waals surface area contributed by atoms with Crippen LogP contribution in [-0.4, -0.2) is 21.2 Å². The number of phenols is 1. The zero-order chi connectivity index (χ0) is 17.8. The third-order valence-electron chi connectivity index (χ3n) is 3.65. The van der Waals surface area contributed by atoms with Gasteiger partial charge in [0.1, 0.15) is 5.75 Å². The molecule has 3 aromatic rings. The number of ether oxygens (including phenoxy) is 1. The zero-order valence-corrected chi connectivity index (χ0v) is 14.0. The molecule has 0 aliphatic heterocycles. The van der Waals surface area contributed by atoms with Gasteiger partial charge in [-0.1, -0.05) is 43.3 Å². The molecular weight excluding hydrogens is 320 g/mol. The van der Waals surface area contributed by atoms with E-state index in [1.807, 2.05) is 38.1 Å². The summed E-state index contributed by atoms with van der Waals surface area (Å²) in [6, 6.07) is 13.9. The molecule has 0 amide bonds. The predicted octanol–water partition coefficient (Wildman–Crippen LogP) is 3.92. The molecule has 0 radical (unpaired) electrons. The smallest absolute Gasteiger partial charge is 0.338 e. The summed E-state index contributed by atoms with van der Waals surface area (Å²) in [5, 5.41) is 13.1. The SMILES string of the molecule is CC(C)c1noc(COC(=O)c2ccc(-c3ccc(O)cc3)cc2)n1. The molecule has 0 fully saturated rings. The normalized spacial score (nSPS) is 10.8. The van der Waals surface area contributed by atoms with Crippen LogP contribution in [0, 0.1) is 0 Å². The molecule has 0 aliphatic carbocycles. The number of aromatic nitrogens is 2. The van der Waals surface area contributed by atoms with Gasteiger partial charge >= 0.3 is 5.97 Å². The summed E-state index contributed by atoms with van der Waals surface area (Å²) in [6.07, 6.45) is 0. The first-order valence-corrected chi connectivity index (χ1v) is 7.92. The fourth-order valence-electron chi connectivity index (χ4n) is 2.22. The fourth-order valence-corrected chi connectivity index (χ4v) is 2.22. The Bertz CT molecular complexity index is 852. The van der Waals surface area contributed by atoms with Gasteiger partial charge < -0.3 is 14.4 Å². The van der Waals surface area contributed by atoms with Crippen molar-refractivity contribution in [3.8, 4) is 16.9 Å². The van der Waals surface area contributed by atoms with Crippen LogP contribution in [0.25, 0.3) is 11.1 Å². The molecule has 6 heteroatoms.